The van der Waals surface area contributed by atoms with Crippen LogP contribution in [0, 0.1) is 0 Å². The van der Waals surface area contributed by atoms with E-state index in [0.717, 1.165) is 9.35 Å². The molecule has 110 valence electrons. The van der Waals surface area contributed by atoms with Gasteiger partial charge in [0.2, 0.25) is 0 Å². The SMILES string of the molecule is CC1(C)CC(=O)c2ccc(OCc3sccc3Br)cc2O1. The molecule has 0 amide bonds. The van der Waals surface area contributed by atoms with Crippen molar-refractivity contribution in [2.45, 2.75) is 32.5 Å². The first-order chi connectivity index (χ1) is 9.94. The summed E-state index contributed by atoms with van der Waals surface area (Å²) >= 11 is 5.12. The van der Waals surface area contributed by atoms with E-state index in [9.17, 15) is 4.79 Å². The standard InChI is InChI=1S/C16H15BrO3S/c1-16(2)8-13(18)11-4-3-10(7-14(11)20-16)19-9-15-12(17)5-6-21-15/h3-7H,8-9H2,1-2H3. The molecule has 3 rings (SSSR count). The fraction of sp³-hybridized carbons (Fsp3) is 0.312. The van der Waals surface area contributed by atoms with Gasteiger partial charge in [0.15, 0.2) is 5.78 Å². The summed E-state index contributed by atoms with van der Waals surface area (Å²) in [5.74, 6) is 1.44. The zero-order valence-electron chi connectivity index (χ0n) is 11.8. The molecule has 1 aromatic heterocycles. The molecule has 0 aliphatic carbocycles. The quantitative estimate of drug-likeness (QED) is 0.779. The number of benzene rings is 1. The predicted octanol–water partition coefficient (Wildman–Crippen LogP) is 4.83. The molecule has 0 saturated carbocycles. The number of halogens is 1. The maximum Gasteiger partial charge on any atom is 0.170 e. The van der Waals surface area contributed by atoms with E-state index < -0.39 is 5.60 Å². The Kier molecular flexibility index (Phi) is 3.80. The molecule has 1 aromatic carbocycles. The van der Waals surface area contributed by atoms with E-state index in [-0.39, 0.29) is 5.78 Å². The van der Waals surface area contributed by atoms with Gasteiger partial charge < -0.3 is 9.47 Å². The van der Waals surface area contributed by atoms with Gasteiger partial charge in [0.05, 0.1) is 16.9 Å². The molecule has 0 bridgehead atoms. The van der Waals surface area contributed by atoms with E-state index >= 15 is 0 Å². The molecule has 3 nitrogen and oxygen atoms in total. The van der Waals surface area contributed by atoms with Gasteiger partial charge in [0, 0.05) is 10.5 Å². The van der Waals surface area contributed by atoms with E-state index in [1.165, 1.54) is 0 Å². The first kappa shape index (κ1) is 14.6. The first-order valence-corrected chi connectivity index (χ1v) is 8.33. The summed E-state index contributed by atoms with van der Waals surface area (Å²) in [6, 6.07) is 7.40. The Morgan fingerprint density at radius 2 is 2.19 bits per heavy atom. The third kappa shape index (κ3) is 3.14. The largest absolute Gasteiger partial charge is 0.488 e. The monoisotopic (exact) mass is 366 g/mol. The van der Waals surface area contributed by atoms with Crippen LogP contribution in [0.5, 0.6) is 11.5 Å². The van der Waals surface area contributed by atoms with Crippen LogP contribution in [0.15, 0.2) is 34.1 Å². The Balaban J connectivity index is 1.80. The van der Waals surface area contributed by atoms with Crippen LogP contribution in [0.1, 0.15) is 35.5 Å². The fourth-order valence-corrected chi connectivity index (χ4v) is 3.68. The molecule has 0 radical (unpaired) electrons. The van der Waals surface area contributed by atoms with Gasteiger partial charge >= 0.3 is 0 Å². The topological polar surface area (TPSA) is 35.5 Å². The summed E-state index contributed by atoms with van der Waals surface area (Å²) in [6.07, 6.45) is 0.405. The third-order valence-corrected chi connectivity index (χ3v) is 5.19. The maximum atomic E-state index is 12.1. The van der Waals surface area contributed by atoms with Gasteiger partial charge in [-0.25, -0.2) is 0 Å². The number of hydrogen-bond acceptors (Lipinski definition) is 4. The number of fused-ring (bicyclic) bond motifs is 1. The highest BCUT2D eigenvalue weighted by Gasteiger charge is 2.32. The van der Waals surface area contributed by atoms with E-state index in [0.29, 0.717) is 30.1 Å². The minimum Gasteiger partial charge on any atom is -0.488 e. The summed E-state index contributed by atoms with van der Waals surface area (Å²) in [5, 5.41) is 2.01. The average molecular weight is 367 g/mol. The third-order valence-electron chi connectivity index (χ3n) is 3.29. The molecule has 2 aromatic rings. The Morgan fingerprint density at radius 3 is 2.90 bits per heavy atom. The number of carbonyl (C=O) groups is 1. The molecule has 1 aliphatic heterocycles. The van der Waals surface area contributed by atoms with Crippen LogP contribution in [-0.2, 0) is 6.61 Å². The number of ether oxygens (including phenoxy) is 2. The van der Waals surface area contributed by atoms with Crippen molar-refractivity contribution >= 4 is 33.0 Å². The van der Waals surface area contributed by atoms with Crippen molar-refractivity contribution in [2.75, 3.05) is 0 Å². The average Bonchev–Trinajstić information content (AvgIpc) is 2.80. The van der Waals surface area contributed by atoms with E-state index in [1.54, 1.807) is 23.5 Å². The molecule has 0 atom stereocenters. The van der Waals surface area contributed by atoms with Gasteiger partial charge in [-0.1, -0.05) is 0 Å². The predicted molar refractivity (Wildman–Crippen MR) is 86.4 cm³/mol. The van der Waals surface area contributed by atoms with Crippen molar-refractivity contribution in [1.29, 1.82) is 0 Å². The summed E-state index contributed by atoms with van der Waals surface area (Å²) in [7, 11) is 0. The van der Waals surface area contributed by atoms with Crippen molar-refractivity contribution in [3.05, 3.63) is 44.6 Å². The Labute approximate surface area is 136 Å². The van der Waals surface area contributed by atoms with Crippen molar-refractivity contribution in [1.82, 2.24) is 0 Å². The van der Waals surface area contributed by atoms with E-state index in [4.69, 9.17) is 9.47 Å². The molecular formula is C16H15BrO3S. The van der Waals surface area contributed by atoms with Crippen molar-refractivity contribution in [3.8, 4) is 11.5 Å². The summed E-state index contributed by atoms with van der Waals surface area (Å²) in [4.78, 5) is 13.2. The molecule has 0 fully saturated rings. The van der Waals surface area contributed by atoms with Gasteiger partial charge in [-0.15, -0.1) is 11.3 Å². The molecule has 21 heavy (non-hydrogen) atoms. The Bertz CT molecular complexity index is 691. The molecule has 0 saturated heterocycles. The van der Waals surface area contributed by atoms with Crippen LogP contribution in [-0.4, -0.2) is 11.4 Å². The molecule has 2 heterocycles. The Hall–Kier alpha value is -1.33. The molecule has 5 heteroatoms. The number of thiophene rings is 1. The lowest BCUT2D eigenvalue weighted by Gasteiger charge is -2.31. The van der Waals surface area contributed by atoms with Crippen LogP contribution in [0.3, 0.4) is 0 Å². The van der Waals surface area contributed by atoms with Gasteiger partial charge in [-0.3, -0.25) is 4.79 Å². The zero-order chi connectivity index (χ0) is 15.0. The lowest BCUT2D eigenvalue weighted by molar-refractivity contribution is 0.0618. The van der Waals surface area contributed by atoms with E-state index in [2.05, 4.69) is 15.9 Å². The van der Waals surface area contributed by atoms with Gasteiger partial charge in [0.1, 0.15) is 23.7 Å². The van der Waals surface area contributed by atoms with Gasteiger partial charge in [-0.05, 0) is 53.4 Å². The summed E-state index contributed by atoms with van der Waals surface area (Å²) < 4.78 is 12.7. The normalized spacial score (nSPS) is 16.2. The minimum atomic E-state index is -0.459. The lowest BCUT2D eigenvalue weighted by atomic mass is 9.93. The van der Waals surface area contributed by atoms with Crippen molar-refractivity contribution < 1.29 is 14.3 Å². The number of carbonyl (C=O) groups excluding carboxylic acids is 1. The second-order valence-electron chi connectivity index (χ2n) is 5.60. The highest BCUT2D eigenvalue weighted by atomic mass is 79.9. The van der Waals surface area contributed by atoms with Crippen LogP contribution in [0.2, 0.25) is 0 Å². The number of hydrogen-bond donors (Lipinski definition) is 0. The first-order valence-electron chi connectivity index (χ1n) is 6.65. The van der Waals surface area contributed by atoms with Crippen LogP contribution >= 0.6 is 27.3 Å². The lowest BCUT2D eigenvalue weighted by Crippen LogP contribution is -2.35. The van der Waals surface area contributed by atoms with Crippen LogP contribution in [0.25, 0.3) is 0 Å². The summed E-state index contributed by atoms with van der Waals surface area (Å²) in [6.45, 7) is 4.34. The second kappa shape index (κ2) is 5.46. The molecule has 0 spiro atoms. The maximum absolute atomic E-state index is 12.1. The molecular weight excluding hydrogens is 352 g/mol. The minimum absolute atomic E-state index is 0.119. The van der Waals surface area contributed by atoms with Crippen LogP contribution in [0.4, 0.5) is 0 Å². The number of ketones is 1. The van der Waals surface area contributed by atoms with E-state index in [1.807, 2.05) is 31.4 Å². The Morgan fingerprint density at radius 1 is 1.38 bits per heavy atom. The number of Topliss-reactive ketones (excluding diaryl/α,β-unsaturated/α-hetero) is 1. The fourth-order valence-electron chi connectivity index (χ4n) is 2.30. The highest BCUT2D eigenvalue weighted by Crippen LogP contribution is 2.36. The second-order valence-corrected chi connectivity index (χ2v) is 7.46. The van der Waals surface area contributed by atoms with Crippen molar-refractivity contribution in [2.24, 2.45) is 0 Å². The zero-order valence-corrected chi connectivity index (χ0v) is 14.2. The highest BCUT2D eigenvalue weighted by molar-refractivity contribution is 9.10. The van der Waals surface area contributed by atoms with Crippen molar-refractivity contribution in [3.63, 3.8) is 0 Å². The molecule has 0 N–H and O–H groups in total. The molecule has 0 unspecified atom stereocenters. The smallest absolute Gasteiger partial charge is 0.170 e. The van der Waals surface area contributed by atoms with Gasteiger partial charge in [0.25, 0.3) is 0 Å². The summed E-state index contributed by atoms with van der Waals surface area (Å²) in [5.41, 5.74) is 0.179. The molecule has 1 aliphatic rings. The van der Waals surface area contributed by atoms with Gasteiger partial charge in [-0.2, -0.15) is 0 Å². The number of rotatable bonds is 3. The van der Waals surface area contributed by atoms with Crippen LogP contribution < -0.4 is 9.47 Å².